The molecule has 0 aliphatic heterocycles. The van der Waals surface area contributed by atoms with E-state index < -0.39 is 6.04 Å². The summed E-state index contributed by atoms with van der Waals surface area (Å²) in [5, 5.41) is 5.83. The lowest BCUT2D eigenvalue weighted by Gasteiger charge is -2.21. The van der Waals surface area contributed by atoms with Gasteiger partial charge in [0.05, 0.1) is 12.1 Å². The monoisotopic (exact) mass is 389 g/mol. The van der Waals surface area contributed by atoms with Crippen molar-refractivity contribution in [3.05, 3.63) is 65.7 Å². The van der Waals surface area contributed by atoms with Crippen molar-refractivity contribution in [2.24, 2.45) is 11.7 Å². The zero-order chi connectivity index (χ0) is 19.1. The Morgan fingerprint density at radius 3 is 2.33 bits per heavy atom. The smallest absolute Gasteiger partial charge is 0.255 e. The molecule has 27 heavy (non-hydrogen) atoms. The number of anilines is 1. The third-order valence-electron chi connectivity index (χ3n) is 4.60. The molecule has 4 N–H and O–H groups in total. The first-order chi connectivity index (χ1) is 12.4. The van der Waals surface area contributed by atoms with Crippen LogP contribution in [0.3, 0.4) is 0 Å². The Bertz CT molecular complexity index is 752. The average Bonchev–Trinajstić information content (AvgIpc) is 2.67. The number of rotatable bonds is 7. The first kappa shape index (κ1) is 22.7. The van der Waals surface area contributed by atoms with Crippen LogP contribution in [0.1, 0.15) is 49.2 Å². The van der Waals surface area contributed by atoms with E-state index in [1.807, 2.05) is 63.2 Å². The Kier molecular flexibility index (Phi) is 8.98. The van der Waals surface area contributed by atoms with E-state index in [1.165, 1.54) is 0 Å². The summed E-state index contributed by atoms with van der Waals surface area (Å²) in [6.07, 6.45) is 0.851. The summed E-state index contributed by atoms with van der Waals surface area (Å²) in [4.78, 5) is 24.5. The van der Waals surface area contributed by atoms with Gasteiger partial charge in [-0.25, -0.2) is 0 Å². The fourth-order valence-corrected chi connectivity index (χ4v) is 2.58. The second kappa shape index (κ2) is 10.7. The van der Waals surface area contributed by atoms with Crippen LogP contribution in [0.15, 0.2) is 54.6 Å². The highest BCUT2D eigenvalue weighted by atomic mass is 35.5. The van der Waals surface area contributed by atoms with Crippen LogP contribution in [0.5, 0.6) is 0 Å². The zero-order valence-corrected chi connectivity index (χ0v) is 16.8. The van der Waals surface area contributed by atoms with E-state index in [1.54, 1.807) is 12.1 Å². The van der Waals surface area contributed by atoms with Crippen molar-refractivity contribution in [1.82, 2.24) is 5.32 Å². The van der Waals surface area contributed by atoms with Gasteiger partial charge in [0.25, 0.3) is 5.91 Å². The molecular weight excluding hydrogens is 362 g/mol. The molecule has 0 aliphatic rings. The predicted octanol–water partition coefficient (Wildman–Crippen LogP) is 3.91. The summed E-state index contributed by atoms with van der Waals surface area (Å²) in [5.41, 5.74) is 8.17. The van der Waals surface area contributed by atoms with Gasteiger partial charge in [-0.2, -0.15) is 0 Å². The molecule has 0 bridgehead atoms. The molecule has 0 aliphatic carbocycles. The molecule has 0 aromatic heterocycles. The summed E-state index contributed by atoms with van der Waals surface area (Å²) >= 11 is 0. The fraction of sp³-hybridized carbons (Fsp3) is 0.333. The summed E-state index contributed by atoms with van der Waals surface area (Å²) < 4.78 is 0. The number of nitrogens with one attached hydrogen (secondary N) is 2. The lowest BCUT2D eigenvalue weighted by molar-refractivity contribution is -0.124. The molecule has 2 aromatic rings. The van der Waals surface area contributed by atoms with Crippen LogP contribution in [0.25, 0.3) is 0 Å². The van der Waals surface area contributed by atoms with E-state index >= 15 is 0 Å². The van der Waals surface area contributed by atoms with Crippen molar-refractivity contribution in [1.29, 1.82) is 0 Å². The van der Waals surface area contributed by atoms with Gasteiger partial charge in [0, 0.05) is 11.3 Å². The fourth-order valence-electron chi connectivity index (χ4n) is 2.58. The number of carbonyl (C=O) groups excluding carboxylic acids is 2. The highest BCUT2D eigenvalue weighted by Crippen LogP contribution is 2.19. The van der Waals surface area contributed by atoms with Crippen LogP contribution in [0.4, 0.5) is 5.69 Å². The van der Waals surface area contributed by atoms with Crippen molar-refractivity contribution in [3.63, 3.8) is 0 Å². The molecule has 0 radical (unpaired) electrons. The second-order valence-corrected chi connectivity index (χ2v) is 6.59. The van der Waals surface area contributed by atoms with Crippen LogP contribution < -0.4 is 16.4 Å². The number of nitrogens with two attached hydrogens (primary N) is 1. The lowest BCUT2D eigenvalue weighted by Crippen LogP contribution is -2.45. The van der Waals surface area contributed by atoms with Gasteiger partial charge in [0.2, 0.25) is 5.91 Å². The topological polar surface area (TPSA) is 84.2 Å². The van der Waals surface area contributed by atoms with Crippen molar-refractivity contribution in [3.8, 4) is 0 Å². The SMILES string of the molecule is CCC(C)C(N)C(=O)NC(C)c1cccc(NC(=O)c2ccccc2)c1.Cl. The number of amides is 2. The van der Waals surface area contributed by atoms with Crippen molar-refractivity contribution in [2.45, 2.75) is 39.3 Å². The summed E-state index contributed by atoms with van der Waals surface area (Å²) in [7, 11) is 0. The van der Waals surface area contributed by atoms with Gasteiger partial charge in [-0.3, -0.25) is 9.59 Å². The molecule has 0 heterocycles. The molecule has 146 valence electrons. The van der Waals surface area contributed by atoms with E-state index in [9.17, 15) is 9.59 Å². The Hall–Kier alpha value is -2.37. The molecule has 6 heteroatoms. The van der Waals surface area contributed by atoms with Gasteiger partial charge in [-0.05, 0) is 42.7 Å². The van der Waals surface area contributed by atoms with Crippen LogP contribution in [0.2, 0.25) is 0 Å². The number of carbonyl (C=O) groups is 2. The molecule has 0 fully saturated rings. The number of benzene rings is 2. The van der Waals surface area contributed by atoms with Crippen molar-refractivity contribution < 1.29 is 9.59 Å². The molecule has 2 amide bonds. The summed E-state index contributed by atoms with van der Waals surface area (Å²) in [6, 6.07) is 15.8. The highest BCUT2D eigenvalue weighted by Gasteiger charge is 2.21. The number of hydrogen-bond donors (Lipinski definition) is 3. The first-order valence-electron chi connectivity index (χ1n) is 8.94. The third-order valence-corrected chi connectivity index (χ3v) is 4.60. The van der Waals surface area contributed by atoms with Gasteiger partial charge >= 0.3 is 0 Å². The minimum atomic E-state index is -0.525. The molecule has 2 rings (SSSR count). The van der Waals surface area contributed by atoms with Crippen molar-refractivity contribution in [2.75, 3.05) is 5.32 Å². The molecule has 3 unspecified atom stereocenters. The van der Waals surface area contributed by atoms with Crippen LogP contribution in [0, 0.1) is 5.92 Å². The van der Waals surface area contributed by atoms with Gasteiger partial charge in [-0.1, -0.05) is 50.6 Å². The standard InChI is InChI=1S/C21H27N3O2.ClH/c1-4-14(2)19(22)21(26)23-15(3)17-11-8-12-18(13-17)24-20(25)16-9-6-5-7-10-16;/h5-15,19H,4,22H2,1-3H3,(H,23,26)(H,24,25);1H. The normalized spacial score (nSPS) is 13.6. The molecular formula is C21H28ClN3O2. The minimum absolute atomic E-state index is 0. The number of hydrogen-bond acceptors (Lipinski definition) is 3. The molecule has 0 spiro atoms. The Morgan fingerprint density at radius 2 is 1.70 bits per heavy atom. The molecule has 5 nitrogen and oxygen atoms in total. The predicted molar refractivity (Wildman–Crippen MR) is 112 cm³/mol. The number of halogens is 1. The third kappa shape index (κ3) is 6.38. The van der Waals surface area contributed by atoms with E-state index in [2.05, 4.69) is 10.6 Å². The van der Waals surface area contributed by atoms with Crippen molar-refractivity contribution >= 4 is 29.9 Å². The van der Waals surface area contributed by atoms with E-state index in [0.29, 0.717) is 11.3 Å². The average molecular weight is 390 g/mol. The van der Waals surface area contributed by atoms with Gasteiger partial charge in [0.15, 0.2) is 0 Å². The molecule has 0 saturated carbocycles. The Morgan fingerprint density at radius 1 is 1.04 bits per heavy atom. The molecule has 0 saturated heterocycles. The maximum Gasteiger partial charge on any atom is 0.255 e. The first-order valence-corrected chi connectivity index (χ1v) is 8.94. The maximum atomic E-state index is 12.3. The van der Waals surface area contributed by atoms with Crippen LogP contribution in [-0.2, 0) is 4.79 Å². The van der Waals surface area contributed by atoms with Gasteiger partial charge in [-0.15, -0.1) is 12.4 Å². The van der Waals surface area contributed by atoms with Gasteiger partial charge < -0.3 is 16.4 Å². The molecule has 3 atom stereocenters. The van der Waals surface area contributed by atoms with E-state index in [-0.39, 0.29) is 36.2 Å². The summed E-state index contributed by atoms with van der Waals surface area (Å²) in [6.45, 7) is 5.88. The van der Waals surface area contributed by atoms with Crippen LogP contribution in [-0.4, -0.2) is 17.9 Å². The highest BCUT2D eigenvalue weighted by molar-refractivity contribution is 6.04. The minimum Gasteiger partial charge on any atom is -0.348 e. The van der Waals surface area contributed by atoms with Gasteiger partial charge in [0.1, 0.15) is 0 Å². The Labute approximate surface area is 167 Å². The maximum absolute atomic E-state index is 12.3. The second-order valence-electron chi connectivity index (χ2n) is 6.59. The summed E-state index contributed by atoms with van der Waals surface area (Å²) in [5.74, 6) is -0.206. The zero-order valence-electron chi connectivity index (χ0n) is 15.9. The Balaban J connectivity index is 0.00000364. The quantitative estimate of drug-likeness (QED) is 0.671. The van der Waals surface area contributed by atoms with E-state index in [0.717, 1.165) is 12.0 Å². The molecule has 2 aromatic carbocycles. The van der Waals surface area contributed by atoms with E-state index in [4.69, 9.17) is 5.73 Å². The van der Waals surface area contributed by atoms with Crippen LogP contribution >= 0.6 is 12.4 Å². The lowest BCUT2D eigenvalue weighted by atomic mass is 9.98. The largest absolute Gasteiger partial charge is 0.348 e.